The van der Waals surface area contributed by atoms with Crippen molar-refractivity contribution in [3.63, 3.8) is 0 Å². The summed E-state index contributed by atoms with van der Waals surface area (Å²) >= 11 is 0. The molecule has 0 fully saturated rings. The Kier molecular flexibility index (Phi) is 2.83. The van der Waals surface area contributed by atoms with Crippen LogP contribution in [-0.2, 0) is 0 Å². The van der Waals surface area contributed by atoms with Gasteiger partial charge in [0.05, 0.1) is 0 Å². The van der Waals surface area contributed by atoms with Crippen molar-refractivity contribution in [1.82, 2.24) is 0 Å². The molecule has 0 radical (unpaired) electrons. The maximum atomic E-state index is 13.7. The highest BCUT2D eigenvalue weighted by molar-refractivity contribution is 6.17. The number of aromatic hydroxyl groups is 1. The molecule has 2 heteroatoms. The van der Waals surface area contributed by atoms with Crippen LogP contribution in [0.25, 0.3) is 32.7 Å². The maximum absolute atomic E-state index is 13.7. The molecule has 4 rings (SSSR count). The second-order valence-corrected chi connectivity index (χ2v) is 5.33. The van der Waals surface area contributed by atoms with E-state index in [0.717, 1.165) is 32.7 Å². The van der Waals surface area contributed by atoms with Crippen LogP contribution in [-0.4, -0.2) is 5.11 Å². The molecule has 0 aliphatic carbocycles. The zero-order valence-electron chi connectivity index (χ0n) is 11.8. The van der Waals surface area contributed by atoms with E-state index in [1.165, 1.54) is 12.1 Å². The lowest BCUT2D eigenvalue weighted by Gasteiger charge is -2.14. The minimum atomic E-state index is -0.276. The molecule has 0 saturated heterocycles. The van der Waals surface area contributed by atoms with E-state index in [-0.39, 0.29) is 11.6 Å². The van der Waals surface area contributed by atoms with Crippen molar-refractivity contribution in [2.24, 2.45) is 0 Å². The van der Waals surface area contributed by atoms with Gasteiger partial charge in [0.15, 0.2) is 0 Å². The van der Waals surface area contributed by atoms with E-state index in [9.17, 15) is 9.50 Å². The van der Waals surface area contributed by atoms with Gasteiger partial charge in [-0.05, 0) is 33.9 Å². The van der Waals surface area contributed by atoms with E-state index in [1.807, 2.05) is 54.6 Å². The van der Waals surface area contributed by atoms with E-state index in [4.69, 9.17) is 0 Å². The largest absolute Gasteiger partial charge is 0.507 e. The molecule has 0 spiro atoms. The number of hydrogen-bond acceptors (Lipinski definition) is 1. The lowest BCUT2D eigenvalue weighted by Crippen LogP contribution is -1.87. The second kappa shape index (κ2) is 4.85. The summed E-state index contributed by atoms with van der Waals surface area (Å²) in [7, 11) is 0. The van der Waals surface area contributed by atoms with Gasteiger partial charge < -0.3 is 5.11 Å². The van der Waals surface area contributed by atoms with Crippen LogP contribution in [0.15, 0.2) is 72.8 Å². The topological polar surface area (TPSA) is 20.2 Å². The number of rotatable bonds is 1. The summed E-state index contributed by atoms with van der Waals surface area (Å²) in [5.74, 6) is -0.0386. The van der Waals surface area contributed by atoms with Crippen molar-refractivity contribution in [2.75, 3.05) is 0 Å². The fraction of sp³-hybridized carbons (Fsp3) is 0. The fourth-order valence-corrected chi connectivity index (χ4v) is 3.04. The van der Waals surface area contributed by atoms with E-state index in [0.29, 0.717) is 0 Å². The highest BCUT2D eigenvalue weighted by atomic mass is 19.1. The second-order valence-electron chi connectivity index (χ2n) is 5.33. The van der Waals surface area contributed by atoms with Gasteiger partial charge in [-0.15, -0.1) is 0 Å². The first kappa shape index (κ1) is 12.8. The molecular weight excluding hydrogens is 275 g/mol. The molecule has 0 aromatic heterocycles. The smallest absolute Gasteiger partial charge is 0.131 e. The van der Waals surface area contributed by atoms with E-state index >= 15 is 0 Å². The SMILES string of the molecule is Oc1c(-c2ccccc2)c2ccc(F)cc2c2ccccc12. The molecule has 0 aliphatic rings. The minimum Gasteiger partial charge on any atom is -0.507 e. The van der Waals surface area contributed by atoms with Crippen LogP contribution in [0.5, 0.6) is 5.75 Å². The van der Waals surface area contributed by atoms with Gasteiger partial charge in [-0.1, -0.05) is 60.7 Å². The van der Waals surface area contributed by atoms with E-state index < -0.39 is 0 Å². The van der Waals surface area contributed by atoms with Crippen LogP contribution in [0.3, 0.4) is 0 Å². The highest BCUT2D eigenvalue weighted by Gasteiger charge is 2.15. The Bertz CT molecular complexity index is 991. The first-order valence-electron chi connectivity index (χ1n) is 7.14. The molecule has 1 nitrogen and oxygen atoms in total. The van der Waals surface area contributed by atoms with Crippen LogP contribution < -0.4 is 0 Å². The average Bonchev–Trinajstić information content (AvgIpc) is 2.57. The van der Waals surface area contributed by atoms with Gasteiger partial charge in [-0.3, -0.25) is 0 Å². The molecule has 0 atom stereocenters. The molecule has 4 aromatic carbocycles. The summed E-state index contributed by atoms with van der Waals surface area (Å²) in [4.78, 5) is 0. The van der Waals surface area contributed by atoms with E-state index in [2.05, 4.69) is 0 Å². The highest BCUT2D eigenvalue weighted by Crippen LogP contribution is 2.43. The molecule has 22 heavy (non-hydrogen) atoms. The van der Waals surface area contributed by atoms with E-state index in [1.54, 1.807) is 6.07 Å². The third-order valence-corrected chi connectivity index (χ3v) is 4.02. The molecule has 0 bridgehead atoms. The molecule has 0 amide bonds. The molecule has 0 saturated carbocycles. The minimum absolute atomic E-state index is 0.237. The lowest BCUT2D eigenvalue weighted by atomic mass is 9.92. The van der Waals surface area contributed by atoms with Crippen LogP contribution in [0.1, 0.15) is 0 Å². The molecule has 1 N–H and O–H groups in total. The van der Waals surface area contributed by atoms with Crippen molar-refractivity contribution in [2.45, 2.75) is 0 Å². The van der Waals surface area contributed by atoms with Crippen LogP contribution >= 0.6 is 0 Å². The Labute approximate surface area is 127 Å². The monoisotopic (exact) mass is 288 g/mol. The number of phenols is 1. The predicted octanol–water partition coefficient (Wildman–Crippen LogP) is 5.50. The summed E-state index contributed by atoms with van der Waals surface area (Å²) in [5.41, 5.74) is 1.66. The number of benzene rings is 4. The van der Waals surface area contributed by atoms with Crippen molar-refractivity contribution in [1.29, 1.82) is 0 Å². The summed E-state index contributed by atoms with van der Waals surface area (Å²) in [6.45, 7) is 0. The molecule has 4 aromatic rings. The Morgan fingerprint density at radius 2 is 1.32 bits per heavy atom. The maximum Gasteiger partial charge on any atom is 0.131 e. The van der Waals surface area contributed by atoms with Gasteiger partial charge in [0.1, 0.15) is 11.6 Å². The van der Waals surface area contributed by atoms with Gasteiger partial charge in [-0.25, -0.2) is 4.39 Å². The summed E-state index contributed by atoms with van der Waals surface area (Å²) in [5, 5.41) is 14.0. The molecule has 106 valence electrons. The van der Waals surface area contributed by atoms with Crippen molar-refractivity contribution in [3.05, 3.63) is 78.6 Å². The number of halogens is 1. The molecular formula is C20H13FO. The molecule has 0 unspecified atom stereocenters. The zero-order chi connectivity index (χ0) is 15.1. The number of hydrogen-bond donors (Lipinski definition) is 1. The van der Waals surface area contributed by atoms with Gasteiger partial charge in [0, 0.05) is 10.9 Å². The molecule has 0 aliphatic heterocycles. The fourth-order valence-electron chi connectivity index (χ4n) is 3.04. The normalized spacial score (nSPS) is 11.1. The average molecular weight is 288 g/mol. The summed E-state index contributed by atoms with van der Waals surface area (Å²) in [6, 6.07) is 21.9. The third kappa shape index (κ3) is 1.85. The van der Waals surface area contributed by atoms with Crippen LogP contribution in [0, 0.1) is 5.82 Å². The van der Waals surface area contributed by atoms with Crippen LogP contribution in [0.4, 0.5) is 4.39 Å². The number of phenolic OH excluding ortho intramolecular Hbond substituents is 1. The summed E-state index contributed by atoms with van der Waals surface area (Å²) < 4.78 is 13.7. The van der Waals surface area contributed by atoms with Crippen molar-refractivity contribution < 1.29 is 9.50 Å². The van der Waals surface area contributed by atoms with Gasteiger partial charge >= 0.3 is 0 Å². The Hall–Kier alpha value is -2.87. The quantitative estimate of drug-likeness (QED) is 0.458. The van der Waals surface area contributed by atoms with Crippen molar-refractivity contribution in [3.8, 4) is 16.9 Å². The van der Waals surface area contributed by atoms with Gasteiger partial charge in [0.2, 0.25) is 0 Å². The van der Waals surface area contributed by atoms with Crippen molar-refractivity contribution >= 4 is 21.5 Å². The first-order chi connectivity index (χ1) is 10.8. The standard InChI is InChI=1S/C20H13FO/c21-14-10-11-16-18(12-14)15-8-4-5-9-17(15)20(22)19(16)13-6-2-1-3-7-13/h1-12,22H. The first-order valence-corrected chi connectivity index (χ1v) is 7.14. The zero-order valence-corrected chi connectivity index (χ0v) is 11.8. The van der Waals surface area contributed by atoms with Gasteiger partial charge in [0.25, 0.3) is 0 Å². The Morgan fingerprint density at radius 3 is 2.09 bits per heavy atom. The Morgan fingerprint density at radius 1 is 0.636 bits per heavy atom. The lowest BCUT2D eigenvalue weighted by molar-refractivity contribution is 0.484. The van der Waals surface area contributed by atoms with Gasteiger partial charge in [-0.2, -0.15) is 0 Å². The van der Waals surface area contributed by atoms with Crippen LogP contribution in [0.2, 0.25) is 0 Å². The third-order valence-electron chi connectivity index (χ3n) is 4.02. The Balaban J connectivity index is 2.26. The molecule has 0 heterocycles. The summed E-state index contributed by atoms with van der Waals surface area (Å²) in [6.07, 6.45) is 0. The predicted molar refractivity (Wildman–Crippen MR) is 88.5 cm³/mol. The number of fused-ring (bicyclic) bond motifs is 3.